The van der Waals surface area contributed by atoms with Gasteiger partial charge < -0.3 is 19.8 Å². The monoisotopic (exact) mass is 778 g/mol. The van der Waals surface area contributed by atoms with Crippen LogP contribution in [0.25, 0.3) is 0 Å². The van der Waals surface area contributed by atoms with E-state index in [1.807, 2.05) is 0 Å². The minimum Gasteiger partial charge on any atom is -0.550 e. The van der Waals surface area contributed by atoms with Crippen LogP contribution in [-0.2, 0) is 29.1 Å². The van der Waals surface area contributed by atoms with Gasteiger partial charge in [0, 0.05) is 11.9 Å². The van der Waals surface area contributed by atoms with Crippen molar-refractivity contribution in [1.82, 2.24) is 0 Å². The Balaban J connectivity index is -0.000000846. The van der Waals surface area contributed by atoms with Gasteiger partial charge in [-0.05, 0) is 48.7 Å². The van der Waals surface area contributed by atoms with E-state index in [0.717, 1.165) is 11.5 Å². The number of rotatable bonds is 40. The Labute approximate surface area is 328 Å². The van der Waals surface area contributed by atoms with Crippen molar-refractivity contribution >= 4 is 35.5 Å². The van der Waals surface area contributed by atoms with Crippen LogP contribution in [0.1, 0.15) is 232 Å². The number of carboxylic acid groups (broad SMARTS) is 2. The molecule has 0 bridgehead atoms. The van der Waals surface area contributed by atoms with Crippen molar-refractivity contribution in [3.63, 3.8) is 0 Å². The zero-order valence-electron chi connectivity index (χ0n) is 33.0. The van der Waals surface area contributed by atoms with E-state index < -0.39 is 11.9 Å². The quantitative estimate of drug-likeness (QED) is 0.0455. The maximum Gasteiger partial charge on any atom is 2.00 e. The van der Waals surface area contributed by atoms with Crippen LogP contribution in [-0.4, -0.2) is 35.0 Å². The molecule has 49 heavy (non-hydrogen) atoms. The van der Waals surface area contributed by atoms with Crippen molar-refractivity contribution in [3.05, 3.63) is 0 Å². The van der Waals surface area contributed by atoms with Gasteiger partial charge in [0.2, 0.25) is 0 Å². The molecule has 0 aromatic carbocycles. The molecule has 0 aliphatic carbocycles. The molecular weight excluding hydrogens is 698 g/mol. The Morgan fingerprint density at radius 1 is 0.327 bits per heavy atom. The third-order valence-electron chi connectivity index (χ3n) is 9.19. The molecule has 0 rings (SSSR count). The second kappa shape index (κ2) is 50.4. The topological polar surface area (TPSA) is 80.3 Å². The molecule has 288 valence electrons. The van der Waals surface area contributed by atoms with Gasteiger partial charge in [-0.15, -0.1) is 0 Å². The molecule has 0 aromatic heterocycles. The van der Waals surface area contributed by atoms with Gasteiger partial charge in [-0.3, -0.25) is 0 Å². The molecule has 0 fully saturated rings. The van der Waals surface area contributed by atoms with Crippen molar-refractivity contribution in [1.29, 1.82) is 0 Å². The number of carbonyl (C=O) groups is 2. The van der Waals surface area contributed by atoms with E-state index >= 15 is 0 Å². The maximum absolute atomic E-state index is 10.3. The zero-order valence-corrected chi connectivity index (χ0v) is 37.6. The first-order valence-electron chi connectivity index (χ1n) is 21.1. The number of aliphatic carboxylic acids is 2. The first-order chi connectivity index (χ1) is 23.5. The van der Waals surface area contributed by atoms with E-state index in [1.165, 1.54) is 205 Å². The number of carbonyl (C=O) groups excluding carboxylic acids is 2. The Kier molecular flexibility index (Phi) is 55.1. The fourth-order valence-corrected chi connectivity index (χ4v) is 7.87. The van der Waals surface area contributed by atoms with Crippen LogP contribution in [0.5, 0.6) is 0 Å². The molecule has 0 aliphatic rings. The van der Waals surface area contributed by atoms with Crippen LogP contribution in [0, 0.1) is 0 Å². The van der Waals surface area contributed by atoms with E-state index in [1.54, 1.807) is 23.5 Å². The fourth-order valence-electron chi connectivity index (χ4n) is 6.02. The second-order valence-corrected chi connectivity index (χ2v) is 16.5. The van der Waals surface area contributed by atoms with Gasteiger partial charge in [-0.25, -0.2) is 0 Å². The van der Waals surface area contributed by atoms with Crippen molar-refractivity contribution in [2.75, 3.05) is 23.0 Å². The molecule has 0 aliphatic heterocycles. The van der Waals surface area contributed by atoms with Gasteiger partial charge in [0.15, 0.2) is 0 Å². The molecule has 0 saturated carbocycles. The molecule has 0 aromatic rings. The Morgan fingerprint density at radius 2 is 0.510 bits per heavy atom. The van der Waals surface area contributed by atoms with Crippen LogP contribution >= 0.6 is 23.5 Å². The largest absolute Gasteiger partial charge is 2.00 e. The SMILES string of the molecule is CCCCCCCCCCCCCCCCCCSCCC(=O)[O-].CCCCCCCCCCCCCCCCCCSCCC(=O)[O-].[Zn+2]. The molecule has 0 radical (unpaired) electrons. The molecule has 0 amide bonds. The van der Waals surface area contributed by atoms with E-state index in [9.17, 15) is 19.8 Å². The summed E-state index contributed by atoms with van der Waals surface area (Å²) in [6, 6.07) is 0. The summed E-state index contributed by atoms with van der Waals surface area (Å²) in [5.74, 6) is 1.78. The molecule has 7 heteroatoms. The standard InChI is InChI=1S/2C21H42O2S.Zn/c2*1-2-3-4-5-6-7-8-9-10-11-12-13-14-15-16-17-19-24-20-18-21(22)23;/h2*2-20H2,1H3,(H,22,23);/q;;+2/p-2. The molecule has 4 nitrogen and oxygen atoms in total. The maximum atomic E-state index is 10.3. The van der Waals surface area contributed by atoms with E-state index in [2.05, 4.69) is 13.8 Å². The summed E-state index contributed by atoms with van der Waals surface area (Å²) in [5, 5.41) is 20.5. The van der Waals surface area contributed by atoms with Crippen molar-refractivity contribution < 1.29 is 39.3 Å². The first kappa shape index (κ1) is 53.6. The summed E-state index contributed by atoms with van der Waals surface area (Å²) in [7, 11) is 0. The van der Waals surface area contributed by atoms with Gasteiger partial charge in [0.1, 0.15) is 0 Å². The number of hydrogen-bond donors (Lipinski definition) is 0. The summed E-state index contributed by atoms with van der Waals surface area (Å²) in [6.07, 6.45) is 45.1. The third-order valence-corrected chi connectivity index (χ3v) is 11.3. The van der Waals surface area contributed by atoms with Gasteiger partial charge in [-0.1, -0.05) is 206 Å². The van der Waals surface area contributed by atoms with Gasteiger partial charge in [0.05, 0.1) is 0 Å². The van der Waals surface area contributed by atoms with Gasteiger partial charge >= 0.3 is 19.5 Å². The fraction of sp³-hybridized carbons (Fsp3) is 0.952. The predicted molar refractivity (Wildman–Crippen MR) is 213 cm³/mol. The minimum absolute atomic E-state index is 0. The molecule has 0 saturated heterocycles. The Hall–Kier alpha value is 0.263. The van der Waals surface area contributed by atoms with Crippen molar-refractivity contribution in [2.24, 2.45) is 0 Å². The molecule has 0 atom stereocenters. The van der Waals surface area contributed by atoms with Crippen molar-refractivity contribution in [3.8, 4) is 0 Å². The average Bonchev–Trinajstić information content (AvgIpc) is 3.07. The second-order valence-electron chi connectivity index (χ2n) is 14.1. The van der Waals surface area contributed by atoms with Crippen LogP contribution < -0.4 is 10.2 Å². The van der Waals surface area contributed by atoms with Crippen LogP contribution in [0.2, 0.25) is 0 Å². The minimum atomic E-state index is -0.922. The summed E-state index contributed by atoms with van der Waals surface area (Å²) in [5.41, 5.74) is 0. The Morgan fingerprint density at radius 3 is 0.694 bits per heavy atom. The number of unbranched alkanes of at least 4 members (excludes halogenated alkanes) is 30. The van der Waals surface area contributed by atoms with Gasteiger partial charge in [0.25, 0.3) is 0 Å². The number of hydrogen-bond acceptors (Lipinski definition) is 6. The summed E-state index contributed by atoms with van der Waals surface area (Å²) >= 11 is 3.49. The summed E-state index contributed by atoms with van der Waals surface area (Å²) in [6.45, 7) is 4.56. The molecular formula is C42H82O4S2Zn. The zero-order chi connectivity index (χ0) is 35.4. The van der Waals surface area contributed by atoms with Crippen LogP contribution in [0.15, 0.2) is 0 Å². The van der Waals surface area contributed by atoms with Crippen LogP contribution in [0.3, 0.4) is 0 Å². The predicted octanol–water partition coefficient (Wildman–Crippen LogP) is 12.2. The molecule has 0 heterocycles. The van der Waals surface area contributed by atoms with Gasteiger partial charge in [-0.2, -0.15) is 23.5 Å². The van der Waals surface area contributed by atoms with Crippen molar-refractivity contribution in [2.45, 2.75) is 232 Å². The third kappa shape index (κ3) is 57.8. The van der Waals surface area contributed by atoms with Crippen LogP contribution in [0.4, 0.5) is 0 Å². The molecule has 0 spiro atoms. The smallest absolute Gasteiger partial charge is 0.550 e. The number of carboxylic acids is 2. The normalized spacial score (nSPS) is 10.8. The summed E-state index contributed by atoms with van der Waals surface area (Å²) < 4.78 is 0. The molecule has 0 unspecified atom stereocenters. The molecule has 0 N–H and O–H groups in total. The average molecular weight is 781 g/mol. The number of thioether (sulfide) groups is 2. The Bertz CT molecular complexity index is 571. The van der Waals surface area contributed by atoms with E-state index in [-0.39, 0.29) is 32.3 Å². The van der Waals surface area contributed by atoms with E-state index in [4.69, 9.17) is 0 Å². The van der Waals surface area contributed by atoms with E-state index in [0.29, 0.717) is 11.5 Å². The first-order valence-corrected chi connectivity index (χ1v) is 23.4. The summed E-state index contributed by atoms with van der Waals surface area (Å²) in [4.78, 5) is 20.5.